The van der Waals surface area contributed by atoms with Crippen molar-refractivity contribution in [3.63, 3.8) is 0 Å². The number of carbonyl (C=O) groups is 2. The minimum absolute atomic E-state index is 0.0424. The molecule has 146 valence electrons. The van der Waals surface area contributed by atoms with Crippen molar-refractivity contribution in [3.05, 3.63) is 61.6 Å². The number of nitrogens with zero attached hydrogens (tertiary/aromatic N) is 2. The maximum absolute atomic E-state index is 12.7. The fraction of sp³-hybridized carbons (Fsp3) is 0.300. The second-order valence-electron chi connectivity index (χ2n) is 7.04. The summed E-state index contributed by atoms with van der Waals surface area (Å²) in [5, 5.41) is 14.1. The summed E-state index contributed by atoms with van der Waals surface area (Å²) in [6.45, 7) is 5.67. The zero-order chi connectivity index (χ0) is 20.6. The quantitative estimate of drug-likeness (QED) is 0.561. The molecule has 2 amide bonds. The summed E-state index contributed by atoms with van der Waals surface area (Å²) >= 11 is 3.46. The van der Waals surface area contributed by atoms with E-state index in [2.05, 4.69) is 21.2 Å². The SMILES string of the molecule is Cc1cc(NC(=O)[C@@H]2CC(=O)N(c3ccc(C)c([N+](=O)[O-])c3)C2)c(C)cc1Br. The number of benzene rings is 2. The van der Waals surface area contributed by atoms with Crippen molar-refractivity contribution < 1.29 is 14.5 Å². The van der Waals surface area contributed by atoms with E-state index in [9.17, 15) is 19.7 Å². The Morgan fingerprint density at radius 1 is 1.18 bits per heavy atom. The van der Waals surface area contributed by atoms with Gasteiger partial charge < -0.3 is 10.2 Å². The molecule has 0 aliphatic carbocycles. The van der Waals surface area contributed by atoms with Crippen molar-refractivity contribution in [1.29, 1.82) is 0 Å². The number of nitro benzene ring substituents is 1. The fourth-order valence-electron chi connectivity index (χ4n) is 3.25. The predicted molar refractivity (Wildman–Crippen MR) is 111 cm³/mol. The van der Waals surface area contributed by atoms with E-state index in [4.69, 9.17) is 0 Å². The molecule has 1 aliphatic rings. The van der Waals surface area contributed by atoms with Gasteiger partial charge in [-0.25, -0.2) is 0 Å². The maximum atomic E-state index is 12.7. The van der Waals surface area contributed by atoms with Crippen molar-refractivity contribution in [2.24, 2.45) is 5.92 Å². The van der Waals surface area contributed by atoms with Crippen molar-refractivity contribution >= 4 is 44.8 Å². The average molecular weight is 446 g/mol. The lowest BCUT2D eigenvalue weighted by Gasteiger charge is -2.17. The highest BCUT2D eigenvalue weighted by molar-refractivity contribution is 9.10. The van der Waals surface area contributed by atoms with Gasteiger partial charge in [0.05, 0.1) is 16.5 Å². The molecule has 7 nitrogen and oxygen atoms in total. The monoisotopic (exact) mass is 445 g/mol. The third-order valence-corrected chi connectivity index (χ3v) is 5.81. The van der Waals surface area contributed by atoms with Gasteiger partial charge in [-0.15, -0.1) is 0 Å². The van der Waals surface area contributed by atoms with Gasteiger partial charge in [-0.05, 0) is 50.1 Å². The summed E-state index contributed by atoms with van der Waals surface area (Å²) in [7, 11) is 0. The Hall–Kier alpha value is -2.74. The topological polar surface area (TPSA) is 92.6 Å². The molecule has 0 spiro atoms. The first kappa shape index (κ1) is 20.0. The van der Waals surface area contributed by atoms with Crippen LogP contribution in [0.15, 0.2) is 34.8 Å². The van der Waals surface area contributed by atoms with Crippen LogP contribution in [0, 0.1) is 36.8 Å². The number of hydrogen-bond donors (Lipinski definition) is 1. The van der Waals surface area contributed by atoms with E-state index in [1.54, 1.807) is 19.1 Å². The summed E-state index contributed by atoms with van der Waals surface area (Å²) in [5.74, 6) is -0.972. The van der Waals surface area contributed by atoms with Gasteiger partial charge in [0.1, 0.15) is 0 Å². The van der Waals surface area contributed by atoms with Crippen LogP contribution in [0.25, 0.3) is 0 Å². The Balaban J connectivity index is 1.77. The fourth-order valence-corrected chi connectivity index (χ4v) is 3.70. The van der Waals surface area contributed by atoms with E-state index in [0.29, 0.717) is 16.9 Å². The normalized spacial score (nSPS) is 16.4. The Kier molecular flexibility index (Phi) is 5.51. The summed E-state index contributed by atoms with van der Waals surface area (Å²) in [6, 6.07) is 8.48. The number of nitrogens with one attached hydrogen (secondary N) is 1. The second kappa shape index (κ2) is 7.71. The first-order valence-electron chi connectivity index (χ1n) is 8.80. The Morgan fingerprint density at radius 3 is 2.57 bits per heavy atom. The molecule has 1 aliphatic heterocycles. The van der Waals surface area contributed by atoms with Crippen LogP contribution in [-0.4, -0.2) is 23.3 Å². The van der Waals surface area contributed by atoms with Crippen LogP contribution in [0.1, 0.15) is 23.1 Å². The van der Waals surface area contributed by atoms with E-state index >= 15 is 0 Å². The highest BCUT2D eigenvalue weighted by atomic mass is 79.9. The van der Waals surface area contributed by atoms with E-state index in [1.165, 1.54) is 11.0 Å². The number of hydrogen-bond acceptors (Lipinski definition) is 4. The number of aryl methyl sites for hydroxylation is 3. The first-order chi connectivity index (χ1) is 13.2. The molecule has 0 radical (unpaired) electrons. The molecule has 0 bridgehead atoms. The third kappa shape index (κ3) is 3.91. The summed E-state index contributed by atoms with van der Waals surface area (Å²) in [5.41, 5.74) is 3.55. The Morgan fingerprint density at radius 2 is 1.89 bits per heavy atom. The lowest BCUT2D eigenvalue weighted by atomic mass is 10.1. The van der Waals surface area contributed by atoms with Crippen LogP contribution >= 0.6 is 15.9 Å². The molecule has 1 saturated heterocycles. The van der Waals surface area contributed by atoms with E-state index in [1.807, 2.05) is 26.0 Å². The number of amides is 2. The second-order valence-corrected chi connectivity index (χ2v) is 7.89. The molecule has 1 atom stereocenters. The van der Waals surface area contributed by atoms with Crippen molar-refractivity contribution in [2.75, 3.05) is 16.8 Å². The predicted octanol–water partition coefficient (Wildman–Crippen LogP) is 4.27. The molecule has 2 aromatic carbocycles. The molecule has 0 unspecified atom stereocenters. The van der Waals surface area contributed by atoms with Gasteiger partial charge in [-0.2, -0.15) is 0 Å². The lowest BCUT2D eigenvalue weighted by molar-refractivity contribution is -0.385. The molecule has 1 fully saturated rings. The number of halogens is 1. The van der Waals surface area contributed by atoms with Gasteiger partial charge in [0.2, 0.25) is 11.8 Å². The maximum Gasteiger partial charge on any atom is 0.274 e. The molecule has 28 heavy (non-hydrogen) atoms. The van der Waals surface area contributed by atoms with Crippen LogP contribution in [0.2, 0.25) is 0 Å². The highest BCUT2D eigenvalue weighted by Crippen LogP contribution is 2.31. The molecule has 0 aromatic heterocycles. The number of nitro groups is 1. The number of carbonyl (C=O) groups excluding carboxylic acids is 2. The van der Waals surface area contributed by atoms with Crippen LogP contribution in [-0.2, 0) is 9.59 Å². The smallest absolute Gasteiger partial charge is 0.274 e. The van der Waals surface area contributed by atoms with Crippen molar-refractivity contribution in [3.8, 4) is 0 Å². The number of rotatable bonds is 4. The largest absolute Gasteiger partial charge is 0.326 e. The lowest BCUT2D eigenvalue weighted by Crippen LogP contribution is -2.28. The number of anilines is 2. The zero-order valence-electron chi connectivity index (χ0n) is 15.8. The Labute approximate surface area is 171 Å². The van der Waals surface area contributed by atoms with Gasteiger partial charge in [0.15, 0.2) is 0 Å². The van der Waals surface area contributed by atoms with Gasteiger partial charge in [-0.3, -0.25) is 19.7 Å². The van der Waals surface area contributed by atoms with E-state index < -0.39 is 10.8 Å². The Bertz CT molecular complexity index is 990. The molecular formula is C20H20BrN3O4. The highest BCUT2D eigenvalue weighted by Gasteiger charge is 2.36. The van der Waals surface area contributed by atoms with Crippen molar-refractivity contribution in [1.82, 2.24) is 0 Å². The first-order valence-corrected chi connectivity index (χ1v) is 9.59. The average Bonchev–Trinajstić information content (AvgIpc) is 3.01. The zero-order valence-corrected chi connectivity index (χ0v) is 17.4. The van der Waals surface area contributed by atoms with Gasteiger partial charge in [0.25, 0.3) is 5.69 Å². The molecule has 1 heterocycles. The molecule has 1 N–H and O–H groups in total. The van der Waals surface area contributed by atoms with Crippen LogP contribution in [0.4, 0.5) is 17.1 Å². The van der Waals surface area contributed by atoms with E-state index in [0.717, 1.165) is 15.6 Å². The standard InChI is InChI=1S/C20H20BrN3O4/c1-11-4-5-15(9-18(11)24(27)28)23-10-14(8-19(23)25)20(26)22-17-7-12(2)16(21)6-13(17)3/h4-7,9,14H,8,10H2,1-3H3,(H,22,26)/t14-/m1/s1. The van der Waals surface area contributed by atoms with Gasteiger partial charge in [0, 0.05) is 34.8 Å². The summed E-state index contributed by atoms with van der Waals surface area (Å²) in [6.07, 6.45) is 0.0715. The molecular weight excluding hydrogens is 426 g/mol. The molecule has 0 saturated carbocycles. The van der Waals surface area contributed by atoms with Crippen LogP contribution < -0.4 is 10.2 Å². The van der Waals surface area contributed by atoms with Gasteiger partial charge in [-0.1, -0.05) is 22.0 Å². The third-order valence-electron chi connectivity index (χ3n) is 4.96. The van der Waals surface area contributed by atoms with Crippen molar-refractivity contribution in [2.45, 2.75) is 27.2 Å². The minimum Gasteiger partial charge on any atom is -0.326 e. The molecule has 8 heteroatoms. The van der Waals surface area contributed by atoms with Gasteiger partial charge >= 0.3 is 0 Å². The van der Waals surface area contributed by atoms with E-state index in [-0.39, 0.29) is 30.5 Å². The summed E-state index contributed by atoms with van der Waals surface area (Å²) < 4.78 is 0.964. The molecule has 2 aromatic rings. The minimum atomic E-state index is -0.517. The van der Waals surface area contributed by atoms with Crippen LogP contribution in [0.3, 0.4) is 0 Å². The van der Waals surface area contributed by atoms with Crippen LogP contribution in [0.5, 0.6) is 0 Å². The summed E-state index contributed by atoms with van der Waals surface area (Å²) in [4.78, 5) is 37.3. The molecule has 3 rings (SSSR count).